The molecule has 7 nitrogen and oxygen atoms in total. The summed E-state index contributed by atoms with van der Waals surface area (Å²) in [6.07, 6.45) is 3.61. The molecule has 0 unspecified atom stereocenters. The van der Waals surface area contributed by atoms with Gasteiger partial charge in [0.25, 0.3) is 0 Å². The van der Waals surface area contributed by atoms with E-state index < -0.39 is 0 Å². The molecule has 0 amide bonds. The molecular weight excluding hydrogens is 388 g/mol. The van der Waals surface area contributed by atoms with Gasteiger partial charge in [-0.1, -0.05) is 23.7 Å². The smallest absolute Gasteiger partial charge is 0.246 e. The quantitative estimate of drug-likeness (QED) is 0.449. The van der Waals surface area contributed by atoms with Crippen LogP contribution in [0, 0.1) is 6.92 Å². The lowest BCUT2D eigenvalue weighted by Crippen LogP contribution is -2.01. The van der Waals surface area contributed by atoms with E-state index in [-0.39, 0.29) is 0 Å². The van der Waals surface area contributed by atoms with Gasteiger partial charge in [0, 0.05) is 28.5 Å². The molecule has 0 saturated carbocycles. The number of fused-ring (bicyclic) bond motifs is 1. The Bertz CT molecular complexity index is 1270. The Morgan fingerprint density at radius 3 is 2.55 bits per heavy atom. The van der Waals surface area contributed by atoms with Crippen LogP contribution in [0.1, 0.15) is 11.4 Å². The summed E-state index contributed by atoms with van der Waals surface area (Å²) in [5.74, 6) is 2.13. The molecule has 0 aliphatic carbocycles. The van der Waals surface area contributed by atoms with Crippen LogP contribution >= 0.6 is 11.6 Å². The van der Waals surface area contributed by atoms with E-state index in [0.717, 1.165) is 33.5 Å². The Balaban J connectivity index is 1.28. The molecule has 0 atom stereocenters. The van der Waals surface area contributed by atoms with Gasteiger partial charge in [-0.2, -0.15) is 9.61 Å². The van der Waals surface area contributed by atoms with Crippen molar-refractivity contribution in [1.82, 2.24) is 24.4 Å². The molecule has 0 aliphatic rings. The minimum atomic E-state index is 0.560. The molecule has 5 rings (SSSR count). The number of rotatable bonds is 5. The lowest BCUT2D eigenvalue weighted by Gasteiger charge is -2.04. The second-order valence-electron chi connectivity index (χ2n) is 6.69. The van der Waals surface area contributed by atoms with E-state index in [1.54, 1.807) is 10.7 Å². The third-order valence-electron chi connectivity index (χ3n) is 4.57. The fourth-order valence-corrected chi connectivity index (χ4v) is 3.20. The van der Waals surface area contributed by atoms with Gasteiger partial charge < -0.3 is 9.73 Å². The SMILES string of the molecule is Cc1ncc2oc(-c3ccc(Nc4ccn(Cc5ccc(Cl)cc5)n4)cc3)nn12. The maximum absolute atomic E-state index is 5.93. The van der Waals surface area contributed by atoms with Crippen molar-refractivity contribution < 1.29 is 4.42 Å². The van der Waals surface area contributed by atoms with Gasteiger partial charge in [-0.25, -0.2) is 4.98 Å². The molecule has 0 aliphatic heterocycles. The van der Waals surface area contributed by atoms with Crippen LogP contribution in [-0.4, -0.2) is 24.4 Å². The number of imidazole rings is 1. The molecule has 1 N–H and O–H groups in total. The molecule has 0 fully saturated rings. The van der Waals surface area contributed by atoms with E-state index in [4.69, 9.17) is 16.0 Å². The summed E-state index contributed by atoms with van der Waals surface area (Å²) in [7, 11) is 0. The van der Waals surface area contributed by atoms with Crippen LogP contribution in [0.5, 0.6) is 0 Å². The zero-order valence-corrected chi connectivity index (χ0v) is 16.3. The van der Waals surface area contributed by atoms with Crippen LogP contribution in [0.15, 0.2) is 71.4 Å². The van der Waals surface area contributed by atoms with Gasteiger partial charge in [0.05, 0.1) is 12.7 Å². The van der Waals surface area contributed by atoms with Crippen LogP contribution in [0.3, 0.4) is 0 Å². The highest BCUT2D eigenvalue weighted by Crippen LogP contribution is 2.23. The van der Waals surface area contributed by atoms with Gasteiger partial charge in [-0.3, -0.25) is 4.68 Å². The molecule has 0 radical (unpaired) electrons. The van der Waals surface area contributed by atoms with Crippen molar-refractivity contribution in [3.63, 3.8) is 0 Å². The Labute approximate surface area is 171 Å². The number of nitrogens with one attached hydrogen (secondary N) is 1. The fraction of sp³-hybridized carbons (Fsp3) is 0.0952. The summed E-state index contributed by atoms with van der Waals surface area (Å²) < 4.78 is 9.32. The molecule has 0 bridgehead atoms. The van der Waals surface area contributed by atoms with E-state index in [2.05, 4.69) is 20.5 Å². The van der Waals surface area contributed by atoms with Gasteiger partial charge in [0.15, 0.2) is 5.82 Å². The molecule has 29 heavy (non-hydrogen) atoms. The van der Waals surface area contributed by atoms with E-state index in [1.165, 1.54) is 0 Å². The lowest BCUT2D eigenvalue weighted by atomic mass is 10.2. The number of hydrogen-bond acceptors (Lipinski definition) is 5. The molecular formula is C21H17ClN6O. The second-order valence-corrected chi connectivity index (χ2v) is 7.13. The van der Waals surface area contributed by atoms with Gasteiger partial charge in [0.1, 0.15) is 5.82 Å². The Hall–Kier alpha value is -3.58. The van der Waals surface area contributed by atoms with Crippen LogP contribution in [0.25, 0.3) is 17.2 Å². The predicted octanol–water partition coefficient (Wildman–Crippen LogP) is 4.94. The topological polar surface area (TPSA) is 73.2 Å². The van der Waals surface area contributed by atoms with Gasteiger partial charge in [-0.15, -0.1) is 5.10 Å². The molecule has 144 valence electrons. The standard InChI is InChI=1S/C21H17ClN6O/c1-14-23-12-20-28(14)26-21(29-20)16-4-8-18(9-5-16)24-19-10-11-27(25-19)13-15-2-6-17(22)7-3-15/h2-12H,13H2,1H3,(H,24,25). The summed E-state index contributed by atoms with van der Waals surface area (Å²) in [6, 6.07) is 17.6. The maximum atomic E-state index is 5.93. The first-order valence-corrected chi connectivity index (χ1v) is 9.48. The normalized spacial score (nSPS) is 11.2. The molecule has 2 aromatic carbocycles. The first-order chi connectivity index (χ1) is 14.1. The second kappa shape index (κ2) is 7.10. The molecule has 8 heteroatoms. The third-order valence-corrected chi connectivity index (χ3v) is 4.82. The van der Waals surface area contributed by atoms with Gasteiger partial charge >= 0.3 is 0 Å². The van der Waals surface area contributed by atoms with Crippen molar-refractivity contribution >= 4 is 28.8 Å². The molecule has 0 spiro atoms. The molecule has 3 aromatic heterocycles. The van der Waals surface area contributed by atoms with E-state index in [0.29, 0.717) is 18.1 Å². The van der Waals surface area contributed by atoms with Crippen LogP contribution in [-0.2, 0) is 6.54 Å². The highest BCUT2D eigenvalue weighted by atomic mass is 35.5. The zero-order chi connectivity index (χ0) is 19.8. The summed E-state index contributed by atoms with van der Waals surface area (Å²) in [6.45, 7) is 2.57. The van der Waals surface area contributed by atoms with Crippen LogP contribution in [0.2, 0.25) is 5.02 Å². The number of hydrogen-bond donors (Lipinski definition) is 1. The zero-order valence-electron chi connectivity index (χ0n) is 15.6. The average Bonchev–Trinajstić information content (AvgIpc) is 3.43. The van der Waals surface area contributed by atoms with Crippen molar-refractivity contribution in [2.75, 3.05) is 5.32 Å². The van der Waals surface area contributed by atoms with Crippen molar-refractivity contribution in [3.8, 4) is 11.5 Å². The minimum absolute atomic E-state index is 0.560. The number of aromatic nitrogens is 5. The van der Waals surface area contributed by atoms with Crippen molar-refractivity contribution in [2.24, 2.45) is 0 Å². The highest BCUT2D eigenvalue weighted by molar-refractivity contribution is 6.30. The number of halogens is 1. The van der Waals surface area contributed by atoms with Gasteiger partial charge in [0.2, 0.25) is 11.6 Å². The van der Waals surface area contributed by atoms with Crippen LogP contribution in [0.4, 0.5) is 11.5 Å². The third kappa shape index (κ3) is 3.60. The number of aryl methyl sites for hydroxylation is 1. The summed E-state index contributed by atoms with van der Waals surface area (Å²) in [4.78, 5) is 4.17. The Kier molecular flexibility index (Phi) is 4.29. The minimum Gasteiger partial charge on any atom is -0.417 e. The van der Waals surface area contributed by atoms with Crippen molar-refractivity contribution in [2.45, 2.75) is 13.5 Å². The maximum Gasteiger partial charge on any atom is 0.246 e. The molecule has 5 aromatic rings. The van der Waals surface area contributed by atoms with E-state index in [9.17, 15) is 0 Å². The highest BCUT2D eigenvalue weighted by Gasteiger charge is 2.10. The lowest BCUT2D eigenvalue weighted by molar-refractivity contribution is 0.617. The Morgan fingerprint density at radius 2 is 1.79 bits per heavy atom. The van der Waals surface area contributed by atoms with E-state index >= 15 is 0 Å². The number of benzene rings is 2. The van der Waals surface area contributed by atoms with Crippen molar-refractivity contribution in [1.29, 1.82) is 0 Å². The molecule has 0 saturated heterocycles. The Morgan fingerprint density at radius 1 is 1.00 bits per heavy atom. The first-order valence-electron chi connectivity index (χ1n) is 9.10. The average molecular weight is 405 g/mol. The first kappa shape index (κ1) is 17.5. The predicted molar refractivity (Wildman–Crippen MR) is 111 cm³/mol. The largest absolute Gasteiger partial charge is 0.417 e. The van der Waals surface area contributed by atoms with Crippen LogP contribution < -0.4 is 5.32 Å². The van der Waals surface area contributed by atoms with E-state index in [1.807, 2.05) is 72.4 Å². The van der Waals surface area contributed by atoms with Gasteiger partial charge in [-0.05, 0) is 48.9 Å². The summed E-state index contributed by atoms with van der Waals surface area (Å²) in [5.41, 5.74) is 3.60. The molecule has 3 heterocycles. The summed E-state index contributed by atoms with van der Waals surface area (Å²) >= 11 is 5.93. The number of nitrogens with zero attached hydrogens (tertiary/aromatic N) is 5. The summed E-state index contributed by atoms with van der Waals surface area (Å²) in [5, 5.41) is 13.1. The van der Waals surface area contributed by atoms with Crippen molar-refractivity contribution in [3.05, 3.63) is 83.4 Å². The fourth-order valence-electron chi connectivity index (χ4n) is 3.07. The number of anilines is 2. The monoisotopic (exact) mass is 404 g/mol.